The van der Waals surface area contributed by atoms with Crippen molar-refractivity contribution >= 4 is 23.3 Å². The van der Waals surface area contributed by atoms with Crippen molar-refractivity contribution in [1.82, 2.24) is 10.2 Å². The van der Waals surface area contributed by atoms with Crippen LogP contribution in [-0.4, -0.2) is 42.5 Å². The second-order valence-electron chi connectivity index (χ2n) is 10.1. The number of nitrogens with one attached hydrogen (secondary N) is 2. The first kappa shape index (κ1) is 24.0. The first-order valence-corrected chi connectivity index (χ1v) is 11.1. The zero-order valence-corrected chi connectivity index (χ0v) is 20.0. The number of carbonyl (C=O) groups is 2. The molecule has 6 nitrogen and oxygen atoms in total. The minimum atomic E-state index is -0.311. The summed E-state index contributed by atoms with van der Waals surface area (Å²) < 4.78 is 0. The third-order valence-electron chi connectivity index (χ3n) is 5.84. The molecule has 1 saturated carbocycles. The Morgan fingerprint density at radius 1 is 1.13 bits per heavy atom. The van der Waals surface area contributed by atoms with E-state index < -0.39 is 0 Å². The number of hydrogen-bond donors (Lipinski definition) is 2. The van der Waals surface area contributed by atoms with Crippen molar-refractivity contribution in [3.8, 4) is 0 Å². The van der Waals surface area contributed by atoms with Crippen LogP contribution in [0.1, 0.15) is 66.4 Å². The van der Waals surface area contributed by atoms with Crippen LogP contribution in [0.25, 0.3) is 0 Å². The first-order chi connectivity index (χ1) is 13.9. The van der Waals surface area contributed by atoms with Crippen molar-refractivity contribution in [2.45, 2.75) is 78.9 Å². The van der Waals surface area contributed by atoms with Gasteiger partial charge in [-0.1, -0.05) is 20.3 Å². The molecule has 0 aliphatic heterocycles. The van der Waals surface area contributed by atoms with Crippen molar-refractivity contribution in [2.75, 3.05) is 24.3 Å². The summed E-state index contributed by atoms with van der Waals surface area (Å²) in [6.45, 7) is 12.8. The van der Waals surface area contributed by atoms with Crippen molar-refractivity contribution in [3.63, 3.8) is 0 Å². The summed E-state index contributed by atoms with van der Waals surface area (Å²) in [5, 5.41) is 6.17. The van der Waals surface area contributed by atoms with E-state index in [0.29, 0.717) is 12.5 Å². The van der Waals surface area contributed by atoms with E-state index in [1.807, 2.05) is 62.9 Å². The molecule has 0 heterocycles. The summed E-state index contributed by atoms with van der Waals surface area (Å²) >= 11 is 0. The third kappa shape index (κ3) is 6.38. The molecule has 1 fully saturated rings. The maximum Gasteiger partial charge on any atom is 0.318 e. The van der Waals surface area contributed by atoms with Gasteiger partial charge in [0.1, 0.15) is 0 Å². The van der Waals surface area contributed by atoms with Gasteiger partial charge in [0.15, 0.2) is 0 Å². The van der Waals surface area contributed by atoms with Crippen LogP contribution in [0.3, 0.4) is 0 Å². The molecular formula is C24H40N4O2. The fourth-order valence-corrected chi connectivity index (χ4v) is 3.48. The summed E-state index contributed by atoms with van der Waals surface area (Å²) in [4.78, 5) is 29.5. The number of urea groups is 1. The van der Waals surface area contributed by atoms with Gasteiger partial charge in [0.05, 0.1) is 0 Å². The second kappa shape index (κ2) is 9.71. The smallest absolute Gasteiger partial charge is 0.318 e. The summed E-state index contributed by atoms with van der Waals surface area (Å²) in [6.07, 6.45) is 3.08. The van der Waals surface area contributed by atoms with Crippen LogP contribution in [0.4, 0.5) is 16.2 Å². The Balaban J connectivity index is 2.32. The van der Waals surface area contributed by atoms with Crippen LogP contribution in [-0.2, 0) is 11.3 Å². The average molecular weight is 417 g/mol. The van der Waals surface area contributed by atoms with E-state index in [1.54, 1.807) is 0 Å². The fraction of sp³-hybridized carbons (Fsp3) is 0.667. The van der Waals surface area contributed by atoms with E-state index in [9.17, 15) is 9.59 Å². The summed E-state index contributed by atoms with van der Waals surface area (Å²) in [6, 6.07) is 5.97. The number of carbonyl (C=O) groups excluding carboxylic acids is 2. The highest BCUT2D eigenvalue weighted by atomic mass is 16.2. The number of anilines is 2. The molecule has 30 heavy (non-hydrogen) atoms. The molecule has 0 radical (unpaired) electrons. The molecule has 0 spiro atoms. The molecule has 1 aliphatic carbocycles. The lowest BCUT2D eigenvalue weighted by atomic mass is 9.85. The van der Waals surface area contributed by atoms with Gasteiger partial charge in [-0.15, -0.1) is 0 Å². The molecule has 2 rings (SSSR count). The normalized spacial score (nSPS) is 15.4. The van der Waals surface area contributed by atoms with Crippen LogP contribution in [0.15, 0.2) is 18.2 Å². The standard InChI is InChI=1S/C24H40N4O2/c1-16(2)17(3)28(23(30)26-24(4,5)6)15-19-14-20(12-13-21(19)27(7)8)25-22(29)18-10-9-11-18/h12-14,16-18H,9-11,15H2,1-8H3,(H,25,29)(H,26,30). The van der Waals surface area contributed by atoms with E-state index in [0.717, 1.165) is 36.2 Å². The monoisotopic (exact) mass is 416 g/mol. The lowest BCUT2D eigenvalue weighted by Crippen LogP contribution is -2.52. The Morgan fingerprint density at radius 3 is 2.23 bits per heavy atom. The van der Waals surface area contributed by atoms with Crippen molar-refractivity contribution in [2.24, 2.45) is 11.8 Å². The quantitative estimate of drug-likeness (QED) is 0.668. The third-order valence-corrected chi connectivity index (χ3v) is 5.84. The predicted molar refractivity (Wildman–Crippen MR) is 125 cm³/mol. The average Bonchev–Trinajstić information content (AvgIpc) is 2.55. The number of amides is 3. The maximum atomic E-state index is 13.1. The van der Waals surface area contributed by atoms with Gasteiger partial charge in [-0.05, 0) is 70.2 Å². The van der Waals surface area contributed by atoms with Crippen LogP contribution < -0.4 is 15.5 Å². The minimum Gasteiger partial charge on any atom is -0.377 e. The number of hydrogen-bond acceptors (Lipinski definition) is 3. The van der Waals surface area contributed by atoms with E-state index >= 15 is 0 Å². The number of benzene rings is 1. The minimum absolute atomic E-state index is 0.0654. The Kier molecular flexibility index (Phi) is 7.78. The highest BCUT2D eigenvalue weighted by Gasteiger charge is 2.28. The summed E-state index contributed by atoms with van der Waals surface area (Å²) in [7, 11) is 3.99. The molecular weight excluding hydrogens is 376 g/mol. The second-order valence-corrected chi connectivity index (χ2v) is 10.1. The van der Waals surface area contributed by atoms with E-state index in [2.05, 4.69) is 31.4 Å². The molecule has 0 saturated heterocycles. The van der Waals surface area contributed by atoms with E-state index in [4.69, 9.17) is 0 Å². The van der Waals surface area contributed by atoms with E-state index in [1.165, 1.54) is 0 Å². The Morgan fingerprint density at radius 2 is 1.77 bits per heavy atom. The predicted octanol–water partition coefficient (Wildman–Crippen LogP) is 4.85. The Hall–Kier alpha value is -2.24. The van der Waals surface area contributed by atoms with Crippen LogP contribution in [0.5, 0.6) is 0 Å². The molecule has 1 atom stereocenters. The highest BCUT2D eigenvalue weighted by molar-refractivity contribution is 5.93. The molecule has 0 aromatic heterocycles. The van der Waals surface area contributed by atoms with Gasteiger partial charge >= 0.3 is 6.03 Å². The molecule has 1 unspecified atom stereocenters. The molecule has 1 aromatic carbocycles. The van der Waals surface area contributed by atoms with Crippen molar-refractivity contribution < 1.29 is 9.59 Å². The van der Waals surface area contributed by atoms with E-state index in [-0.39, 0.29) is 29.4 Å². The van der Waals surface area contributed by atoms with Gasteiger partial charge < -0.3 is 20.4 Å². The number of nitrogens with zero attached hydrogens (tertiary/aromatic N) is 2. The van der Waals surface area contributed by atoms with Gasteiger partial charge in [0, 0.05) is 49.5 Å². The highest BCUT2D eigenvalue weighted by Crippen LogP contribution is 2.30. The summed E-state index contributed by atoms with van der Waals surface area (Å²) in [5.74, 6) is 0.555. The molecule has 1 aromatic rings. The van der Waals surface area contributed by atoms with Crippen LogP contribution in [0.2, 0.25) is 0 Å². The Labute approximate surface area is 182 Å². The van der Waals surface area contributed by atoms with Crippen molar-refractivity contribution in [3.05, 3.63) is 23.8 Å². The SMILES string of the molecule is CC(C)C(C)N(Cc1cc(NC(=O)C2CCC2)ccc1N(C)C)C(=O)NC(C)(C)C. The number of rotatable bonds is 7. The van der Waals surface area contributed by atoms with Gasteiger partial charge in [0.2, 0.25) is 5.91 Å². The van der Waals surface area contributed by atoms with Gasteiger partial charge in [-0.25, -0.2) is 4.79 Å². The molecule has 6 heteroatoms. The largest absolute Gasteiger partial charge is 0.377 e. The van der Waals surface area contributed by atoms with Gasteiger partial charge in [-0.2, -0.15) is 0 Å². The first-order valence-electron chi connectivity index (χ1n) is 11.1. The van der Waals surface area contributed by atoms with Crippen LogP contribution in [0, 0.1) is 11.8 Å². The molecule has 0 bridgehead atoms. The molecule has 1 aliphatic rings. The zero-order chi connectivity index (χ0) is 22.6. The molecule has 168 valence electrons. The zero-order valence-electron chi connectivity index (χ0n) is 20.0. The molecule has 2 N–H and O–H groups in total. The van der Waals surface area contributed by atoms with Gasteiger partial charge in [0.25, 0.3) is 0 Å². The summed E-state index contributed by atoms with van der Waals surface area (Å²) in [5.41, 5.74) is 2.54. The van der Waals surface area contributed by atoms with Gasteiger partial charge in [-0.3, -0.25) is 4.79 Å². The van der Waals surface area contributed by atoms with Crippen LogP contribution >= 0.6 is 0 Å². The maximum absolute atomic E-state index is 13.1. The van der Waals surface area contributed by atoms with Crippen molar-refractivity contribution in [1.29, 1.82) is 0 Å². The topological polar surface area (TPSA) is 64.7 Å². The molecule has 3 amide bonds. The Bertz CT molecular complexity index is 748. The fourth-order valence-electron chi connectivity index (χ4n) is 3.48. The lowest BCUT2D eigenvalue weighted by Gasteiger charge is -2.35. The lowest BCUT2D eigenvalue weighted by molar-refractivity contribution is -0.122.